The van der Waals surface area contributed by atoms with E-state index < -0.39 is 0 Å². The zero-order valence-corrected chi connectivity index (χ0v) is 11.2. The summed E-state index contributed by atoms with van der Waals surface area (Å²) in [4.78, 5) is 14.5. The first-order valence-corrected chi connectivity index (χ1v) is 7.50. The zero-order valence-electron chi connectivity index (χ0n) is 11.2. The lowest BCUT2D eigenvalue weighted by atomic mass is 9.86. The van der Waals surface area contributed by atoms with Crippen LogP contribution in [0, 0.1) is 17.2 Å². The molecular formula is C15H24N2O. The molecule has 0 aromatic carbocycles. The Hall–Kier alpha value is -1.04. The van der Waals surface area contributed by atoms with Gasteiger partial charge in [-0.05, 0) is 25.7 Å². The molecule has 0 radical (unpaired) electrons. The number of amides is 1. The highest BCUT2D eigenvalue weighted by atomic mass is 16.2. The van der Waals surface area contributed by atoms with Crippen molar-refractivity contribution in [3.05, 3.63) is 0 Å². The van der Waals surface area contributed by atoms with Gasteiger partial charge in [0, 0.05) is 12.0 Å². The first-order valence-electron chi connectivity index (χ1n) is 7.50. The van der Waals surface area contributed by atoms with Crippen LogP contribution >= 0.6 is 0 Å². The van der Waals surface area contributed by atoms with E-state index in [1.54, 1.807) is 0 Å². The zero-order chi connectivity index (χ0) is 12.8. The van der Waals surface area contributed by atoms with Gasteiger partial charge in [0.1, 0.15) is 6.54 Å². The van der Waals surface area contributed by atoms with Crippen LogP contribution in [-0.4, -0.2) is 23.4 Å². The van der Waals surface area contributed by atoms with Crippen molar-refractivity contribution in [2.75, 3.05) is 6.54 Å². The van der Waals surface area contributed by atoms with Crippen LogP contribution in [0.5, 0.6) is 0 Å². The van der Waals surface area contributed by atoms with E-state index in [4.69, 9.17) is 5.26 Å². The van der Waals surface area contributed by atoms with E-state index in [-0.39, 0.29) is 11.8 Å². The van der Waals surface area contributed by atoms with Gasteiger partial charge in [-0.2, -0.15) is 5.26 Å². The Bertz CT molecular complexity index is 309. The van der Waals surface area contributed by atoms with Crippen LogP contribution in [0.2, 0.25) is 0 Å². The average molecular weight is 248 g/mol. The number of carbonyl (C=O) groups excluding carboxylic acids is 1. The van der Waals surface area contributed by atoms with Crippen molar-refractivity contribution in [3.63, 3.8) is 0 Å². The fourth-order valence-electron chi connectivity index (χ4n) is 3.44. The largest absolute Gasteiger partial charge is 0.326 e. The smallest absolute Gasteiger partial charge is 0.226 e. The van der Waals surface area contributed by atoms with Crippen LogP contribution < -0.4 is 0 Å². The van der Waals surface area contributed by atoms with Crippen molar-refractivity contribution in [1.29, 1.82) is 5.26 Å². The van der Waals surface area contributed by atoms with Crippen molar-refractivity contribution in [3.8, 4) is 6.07 Å². The third-order valence-corrected chi connectivity index (χ3v) is 4.49. The molecule has 2 aliphatic carbocycles. The highest BCUT2D eigenvalue weighted by molar-refractivity contribution is 5.79. The Morgan fingerprint density at radius 1 is 1.00 bits per heavy atom. The van der Waals surface area contributed by atoms with Crippen molar-refractivity contribution >= 4 is 5.91 Å². The van der Waals surface area contributed by atoms with E-state index in [2.05, 4.69) is 6.07 Å². The molecule has 2 fully saturated rings. The van der Waals surface area contributed by atoms with E-state index in [1.165, 1.54) is 38.5 Å². The molecule has 0 aromatic rings. The third kappa shape index (κ3) is 3.25. The summed E-state index contributed by atoms with van der Waals surface area (Å²) in [7, 11) is 0. The van der Waals surface area contributed by atoms with E-state index in [9.17, 15) is 4.79 Å². The minimum atomic E-state index is 0.203. The molecule has 2 saturated carbocycles. The summed E-state index contributed by atoms with van der Waals surface area (Å²) in [6.07, 6.45) is 11.6. The summed E-state index contributed by atoms with van der Waals surface area (Å²) < 4.78 is 0. The highest BCUT2D eigenvalue weighted by Gasteiger charge is 2.30. The Kier molecular flexibility index (Phi) is 5.04. The maximum Gasteiger partial charge on any atom is 0.226 e. The van der Waals surface area contributed by atoms with Gasteiger partial charge in [0.15, 0.2) is 0 Å². The number of hydrogen-bond acceptors (Lipinski definition) is 2. The molecule has 0 spiro atoms. The molecule has 3 nitrogen and oxygen atoms in total. The summed E-state index contributed by atoms with van der Waals surface area (Å²) in [5.41, 5.74) is 0. The first kappa shape index (κ1) is 13.4. The summed E-state index contributed by atoms with van der Waals surface area (Å²) in [5.74, 6) is 0.470. The second-order valence-electron chi connectivity index (χ2n) is 5.75. The van der Waals surface area contributed by atoms with Crippen LogP contribution in [0.3, 0.4) is 0 Å². The van der Waals surface area contributed by atoms with Gasteiger partial charge in [-0.25, -0.2) is 0 Å². The van der Waals surface area contributed by atoms with Crippen molar-refractivity contribution < 1.29 is 4.79 Å². The molecule has 0 unspecified atom stereocenters. The molecule has 2 aliphatic rings. The van der Waals surface area contributed by atoms with Crippen LogP contribution in [0.15, 0.2) is 0 Å². The predicted molar refractivity (Wildman–Crippen MR) is 70.8 cm³/mol. The van der Waals surface area contributed by atoms with E-state index in [0.717, 1.165) is 25.7 Å². The molecule has 0 bridgehead atoms. The fraction of sp³-hybridized carbons (Fsp3) is 0.867. The number of nitriles is 1. The van der Waals surface area contributed by atoms with Crippen molar-refractivity contribution in [2.45, 2.75) is 70.3 Å². The van der Waals surface area contributed by atoms with Gasteiger partial charge in [-0.3, -0.25) is 4.79 Å². The molecule has 0 aliphatic heterocycles. The van der Waals surface area contributed by atoms with Gasteiger partial charge in [-0.1, -0.05) is 38.5 Å². The summed E-state index contributed by atoms with van der Waals surface area (Å²) in [6.45, 7) is 0.292. The van der Waals surface area contributed by atoms with Crippen molar-refractivity contribution in [1.82, 2.24) is 4.90 Å². The van der Waals surface area contributed by atoms with Gasteiger partial charge >= 0.3 is 0 Å². The van der Waals surface area contributed by atoms with E-state index >= 15 is 0 Å². The SMILES string of the molecule is N#CCN(C(=O)C1CCCCC1)C1CCCCC1. The molecule has 1 amide bonds. The second kappa shape index (κ2) is 6.78. The molecule has 0 saturated heterocycles. The molecule has 18 heavy (non-hydrogen) atoms. The molecule has 100 valence electrons. The lowest BCUT2D eigenvalue weighted by molar-refractivity contribution is -0.138. The minimum absolute atomic E-state index is 0.203. The summed E-state index contributed by atoms with van der Waals surface area (Å²) in [6, 6.07) is 2.53. The number of nitrogens with zero attached hydrogens (tertiary/aromatic N) is 2. The Labute approximate surface area is 110 Å². The molecule has 0 atom stereocenters. The van der Waals surface area contributed by atoms with Crippen LogP contribution in [0.25, 0.3) is 0 Å². The molecular weight excluding hydrogens is 224 g/mol. The van der Waals surface area contributed by atoms with Crippen LogP contribution in [-0.2, 0) is 4.79 Å². The number of hydrogen-bond donors (Lipinski definition) is 0. The summed E-state index contributed by atoms with van der Waals surface area (Å²) in [5, 5.41) is 8.97. The monoisotopic (exact) mass is 248 g/mol. The number of rotatable bonds is 3. The molecule has 3 heteroatoms. The van der Waals surface area contributed by atoms with Gasteiger partial charge in [-0.15, -0.1) is 0 Å². The van der Waals surface area contributed by atoms with E-state index in [0.29, 0.717) is 12.6 Å². The van der Waals surface area contributed by atoms with Gasteiger partial charge < -0.3 is 4.90 Å². The van der Waals surface area contributed by atoms with Gasteiger partial charge in [0.2, 0.25) is 5.91 Å². The molecule has 2 rings (SSSR count). The van der Waals surface area contributed by atoms with Crippen molar-refractivity contribution in [2.24, 2.45) is 5.92 Å². The molecule has 0 heterocycles. The lowest BCUT2D eigenvalue weighted by Crippen LogP contribution is -2.45. The Morgan fingerprint density at radius 2 is 1.56 bits per heavy atom. The van der Waals surface area contributed by atoms with Crippen LogP contribution in [0.1, 0.15) is 64.2 Å². The first-order chi connectivity index (χ1) is 8.83. The second-order valence-corrected chi connectivity index (χ2v) is 5.75. The lowest BCUT2D eigenvalue weighted by Gasteiger charge is -2.36. The Balaban J connectivity index is 1.98. The maximum absolute atomic E-state index is 12.6. The minimum Gasteiger partial charge on any atom is -0.326 e. The predicted octanol–water partition coefficient (Wildman–Crippen LogP) is 3.25. The summed E-state index contributed by atoms with van der Waals surface area (Å²) >= 11 is 0. The Morgan fingerprint density at radius 3 is 2.11 bits per heavy atom. The topological polar surface area (TPSA) is 44.1 Å². The normalized spacial score (nSPS) is 22.4. The fourth-order valence-corrected chi connectivity index (χ4v) is 3.44. The van der Waals surface area contributed by atoms with Gasteiger partial charge in [0.05, 0.1) is 6.07 Å². The quantitative estimate of drug-likeness (QED) is 0.720. The molecule has 0 N–H and O–H groups in total. The number of carbonyl (C=O) groups is 1. The standard InChI is InChI=1S/C15H24N2O/c16-11-12-17(14-9-5-2-6-10-14)15(18)13-7-3-1-4-8-13/h13-14H,1-10,12H2. The van der Waals surface area contributed by atoms with Gasteiger partial charge in [0.25, 0.3) is 0 Å². The molecule has 0 aromatic heterocycles. The van der Waals surface area contributed by atoms with Crippen LogP contribution in [0.4, 0.5) is 0 Å². The van der Waals surface area contributed by atoms with E-state index in [1.807, 2.05) is 4.90 Å². The third-order valence-electron chi connectivity index (χ3n) is 4.49. The highest BCUT2D eigenvalue weighted by Crippen LogP contribution is 2.29. The maximum atomic E-state index is 12.6. The average Bonchev–Trinajstić information content (AvgIpc) is 2.46.